The summed E-state index contributed by atoms with van der Waals surface area (Å²) in [5.74, 6) is 0.108. The van der Waals surface area contributed by atoms with E-state index in [1.165, 1.54) is 0 Å². The maximum Gasteiger partial charge on any atom is 0.235 e. The van der Waals surface area contributed by atoms with E-state index in [1.807, 2.05) is 5.40 Å². The predicted octanol–water partition coefficient (Wildman–Crippen LogP) is 3.70. The number of nitrogens with one attached hydrogen (secondary N) is 1. The van der Waals surface area contributed by atoms with Crippen LogP contribution in [0.15, 0.2) is 40.9 Å². The summed E-state index contributed by atoms with van der Waals surface area (Å²) in [5, 5.41) is 13.4. The maximum absolute atomic E-state index is 11.7. The largest absolute Gasteiger partial charge is 0.434 e. The molecule has 0 aliphatic rings. The number of thiocyanates is 1. The smallest absolute Gasteiger partial charge is 0.235 e. The highest BCUT2D eigenvalue weighted by atomic mass is 35.5. The number of benzene rings is 1. The van der Waals surface area contributed by atoms with Crippen LogP contribution in [0.3, 0.4) is 0 Å². The summed E-state index contributed by atoms with van der Waals surface area (Å²) in [6.45, 7) is 0. The van der Waals surface area contributed by atoms with E-state index in [0.29, 0.717) is 33.4 Å². The Hall–Kier alpha value is -2.56. The minimum absolute atomic E-state index is 0.0316. The molecule has 1 aromatic carbocycles. The van der Waals surface area contributed by atoms with Crippen molar-refractivity contribution in [3.63, 3.8) is 0 Å². The number of rotatable bonds is 4. The van der Waals surface area contributed by atoms with Crippen LogP contribution in [0.5, 0.6) is 0 Å². The van der Waals surface area contributed by atoms with Gasteiger partial charge in [0.1, 0.15) is 5.40 Å². The summed E-state index contributed by atoms with van der Waals surface area (Å²) in [4.78, 5) is 20.1. The zero-order chi connectivity index (χ0) is 16.2. The molecule has 23 heavy (non-hydrogen) atoms. The van der Waals surface area contributed by atoms with E-state index in [-0.39, 0.29) is 11.7 Å². The quantitative estimate of drug-likeness (QED) is 0.725. The molecular formula is C15H9ClN4O2S. The lowest BCUT2D eigenvalue weighted by Gasteiger charge is -2.07. The molecular weight excluding hydrogens is 336 g/mol. The van der Waals surface area contributed by atoms with Gasteiger partial charge in [-0.1, -0.05) is 11.6 Å². The Morgan fingerprint density at radius 2 is 2.30 bits per heavy atom. The number of hydrogen-bond donors (Lipinski definition) is 1. The first-order chi connectivity index (χ1) is 11.2. The minimum atomic E-state index is -0.310. The molecule has 2 aromatic heterocycles. The number of hydrogen-bond acceptors (Lipinski definition) is 6. The number of halogens is 1. The van der Waals surface area contributed by atoms with Crippen LogP contribution < -0.4 is 5.32 Å². The van der Waals surface area contributed by atoms with E-state index in [9.17, 15) is 4.79 Å². The number of fused-ring (bicyclic) bond motifs is 1. The molecule has 0 aliphatic heterocycles. The molecule has 8 heteroatoms. The average molecular weight is 345 g/mol. The van der Waals surface area contributed by atoms with Crippen molar-refractivity contribution >= 4 is 46.2 Å². The van der Waals surface area contributed by atoms with E-state index < -0.39 is 0 Å². The van der Waals surface area contributed by atoms with Crippen LogP contribution in [0.4, 0.5) is 5.69 Å². The van der Waals surface area contributed by atoms with Gasteiger partial charge in [-0.15, -0.1) is 0 Å². The molecule has 1 amide bonds. The van der Waals surface area contributed by atoms with Crippen LogP contribution in [0.25, 0.3) is 22.7 Å². The Balaban J connectivity index is 1.90. The van der Waals surface area contributed by atoms with Gasteiger partial charge < -0.3 is 9.73 Å². The van der Waals surface area contributed by atoms with Gasteiger partial charge in [0, 0.05) is 11.8 Å². The number of aromatic nitrogens is 2. The highest BCUT2D eigenvalue weighted by Crippen LogP contribution is 2.30. The number of nitrogens with zero attached hydrogens (tertiary/aromatic N) is 3. The van der Waals surface area contributed by atoms with Gasteiger partial charge in [0.15, 0.2) is 11.2 Å². The molecule has 6 nitrogen and oxygen atoms in total. The van der Waals surface area contributed by atoms with Crippen LogP contribution in [-0.4, -0.2) is 21.6 Å². The zero-order valence-corrected chi connectivity index (χ0v) is 13.2. The van der Waals surface area contributed by atoms with Crippen molar-refractivity contribution in [1.29, 1.82) is 5.26 Å². The third-order valence-corrected chi connectivity index (χ3v) is 3.79. The lowest BCUT2D eigenvalue weighted by molar-refractivity contribution is -0.113. The minimum Gasteiger partial charge on any atom is -0.434 e. The Bertz CT molecular complexity index is 886. The van der Waals surface area contributed by atoms with Gasteiger partial charge in [-0.3, -0.25) is 4.79 Å². The number of amides is 1. The van der Waals surface area contributed by atoms with Gasteiger partial charge in [0.05, 0.1) is 16.5 Å². The second kappa shape index (κ2) is 6.69. The molecule has 0 bridgehead atoms. The van der Waals surface area contributed by atoms with E-state index in [4.69, 9.17) is 21.3 Å². The van der Waals surface area contributed by atoms with Crippen molar-refractivity contribution in [2.24, 2.45) is 0 Å². The molecule has 0 spiro atoms. The van der Waals surface area contributed by atoms with E-state index >= 15 is 0 Å². The Morgan fingerprint density at radius 3 is 3.09 bits per heavy atom. The predicted molar refractivity (Wildman–Crippen MR) is 89.0 cm³/mol. The third kappa shape index (κ3) is 3.44. The fraction of sp³-hybridized carbons (Fsp3) is 0.0667. The van der Waals surface area contributed by atoms with Crippen LogP contribution in [0.1, 0.15) is 0 Å². The molecule has 0 fully saturated rings. The van der Waals surface area contributed by atoms with Crippen molar-refractivity contribution in [2.45, 2.75) is 0 Å². The van der Waals surface area contributed by atoms with Gasteiger partial charge in [-0.25, -0.2) is 4.98 Å². The number of anilines is 1. The Kier molecular flexibility index (Phi) is 4.46. The molecule has 2 heterocycles. The second-order valence-electron chi connectivity index (χ2n) is 4.47. The zero-order valence-electron chi connectivity index (χ0n) is 11.6. The number of oxazole rings is 1. The topological polar surface area (TPSA) is 91.8 Å². The molecule has 0 saturated heterocycles. The van der Waals surface area contributed by atoms with Crippen molar-refractivity contribution in [3.8, 4) is 16.9 Å². The highest BCUT2D eigenvalue weighted by Gasteiger charge is 2.12. The molecule has 3 aromatic rings. The van der Waals surface area contributed by atoms with E-state index in [0.717, 1.165) is 11.8 Å². The number of carbonyl (C=O) groups excluding carboxylic acids is 1. The monoisotopic (exact) mass is 344 g/mol. The third-order valence-electron chi connectivity index (χ3n) is 2.92. The van der Waals surface area contributed by atoms with Gasteiger partial charge in [0.2, 0.25) is 11.8 Å². The normalized spacial score (nSPS) is 10.4. The first-order valence-electron chi connectivity index (χ1n) is 6.49. The fourth-order valence-corrected chi connectivity index (χ4v) is 2.36. The van der Waals surface area contributed by atoms with Crippen LogP contribution in [-0.2, 0) is 4.79 Å². The summed E-state index contributed by atoms with van der Waals surface area (Å²) in [6.07, 6.45) is 1.63. The molecule has 0 aliphatic carbocycles. The molecule has 0 unspecified atom stereocenters. The van der Waals surface area contributed by atoms with Crippen LogP contribution >= 0.6 is 23.4 Å². The van der Waals surface area contributed by atoms with Crippen molar-refractivity contribution in [2.75, 3.05) is 11.1 Å². The molecule has 0 saturated carbocycles. The van der Waals surface area contributed by atoms with Crippen molar-refractivity contribution in [3.05, 3.63) is 41.6 Å². The summed E-state index contributed by atoms with van der Waals surface area (Å²) in [7, 11) is 0. The average Bonchev–Trinajstić information content (AvgIpc) is 2.99. The lowest BCUT2D eigenvalue weighted by Crippen LogP contribution is -2.14. The van der Waals surface area contributed by atoms with Crippen LogP contribution in [0.2, 0.25) is 5.02 Å². The molecule has 3 rings (SSSR count). The van der Waals surface area contributed by atoms with Gasteiger partial charge in [-0.05, 0) is 42.1 Å². The van der Waals surface area contributed by atoms with Gasteiger partial charge in [-0.2, -0.15) is 10.2 Å². The Labute approximate surface area is 140 Å². The van der Waals surface area contributed by atoms with Crippen molar-refractivity contribution in [1.82, 2.24) is 9.97 Å². The molecule has 114 valence electrons. The fourth-order valence-electron chi connectivity index (χ4n) is 1.93. The summed E-state index contributed by atoms with van der Waals surface area (Å²) < 4.78 is 5.64. The number of pyridine rings is 1. The standard InChI is InChI=1S/C15H9ClN4O2S/c16-10-4-3-9(6-11(10)19-13(21)7-23-8-17)15-20-14-12(22-15)2-1-5-18-14/h1-6H,7H2,(H,19,21). The van der Waals surface area contributed by atoms with Gasteiger partial charge in [0.25, 0.3) is 0 Å². The van der Waals surface area contributed by atoms with Crippen molar-refractivity contribution < 1.29 is 9.21 Å². The summed E-state index contributed by atoms with van der Waals surface area (Å²) in [6, 6.07) is 8.59. The first-order valence-corrected chi connectivity index (χ1v) is 7.86. The molecule has 0 radical (unpaired) electrons. The number of thioether (sulfide) groups is 1. The van der Waals surface area contributed by atoms with E-state index in [2.05, 4.69) is 15.3 Å². The number of carbonyl (C=O) groups is 1. The first kappa shape index (κ1) is 15.3. The highest BCUT2D eigenvalue weighted by molar-refractivity contribution is 8.04. The maximum atomic E-state index is 11.7. The Morgan fingerprint density at radius 1 is 1.43 bits per heavy atom. The molecule has 1 N–H and O–H groups in total. The lowest BCUT2D eigenvalue weighted by atomic mass is 10.2. The van der Waals surface area contributed by atoms with E-state index in [1.54, 1.807) is 36.5 Å². The summed E-state index contributed by atoms with van der Waals surface area (Å²) >= 11 is 6.95. The number of nitriles is 1. The SMILES string of the molecule is N#CSCC(=O)Nc1cc(-c2nc3ncccc3o2)ccc1Cl. The summed E-state index contributed by atoms with van der Waals surface area (Å²) in [5.41, 5.74) is 2.18. The van der Waals surface area contributed by atoms with Crippen LogP contribution in [0, 0.1) is 10.7 Å². The van der Waals surface area contributed by atoms with Gasteiger partial charge >= 0.3 is 0 Å². The second-order valence-corrected chi connectivity index (χ2v) is 5.63. The molecule has 0 atom stereocenters.